The first kappa shape index (κ1) is 28.7. The van der Waals surface area contributed by atoms with E-state index in [9.17, 15) is 24.3 Å². The van der Waals surface area contributed by atoms with Gasteiger partial charge in [-0.3, -0.25) is 4.79 Å². The molecule has 4 heterocycles. The Labute approximate surface area is 258 Å². The van der Waals surface area contributed by atoms with Gasteiger partial charge in [-0.1, -0.05) is 18.2 Å². The molecule has 3 aromatic heterocycles. The Morgan fingerprint density at radius 2 is 1.61 bits per heavy atom. The third kappa shape index (κ3) is 5.17. The van der Waals surface area contributed by atoms with Crippen molar-refractivity contribution in [2.45, 2.75) is 26.1 Å². The minimum absolute atomic E-state index is 0.00376. The molecule has 0 fully saturated rings. The largest absolute Gasteiger partial charge is 0.508 e. The highest BCUT2D eigenvalue weighted by atomic mass is 16.7. The van der Waals surface area contributed by atoms with E-state index in [0.29, 0.717) is 50.9 Å². The Morgan fingerprint density at radius 1 is 0.826 bits per heavy atom. The zero-order valence-corrected chi connectivity index (χ0v) is 24.4. The number of phenols is 1. The van der Waals surface area contributed by atoms with Gasteiger partial charge in [-0.15, -0.1) is 0 Å². The van der Waals surface area contributed by atoms with Gasteiger partial charge in [-0.2, -0.15) is 0 Å². The summed E-state index contributed by atoms with van der Waals surface area (Å²) in [5.41, 5.74) is 1.53. The molecule has 3 aromatic carbocycles. The molecule has 46 heavy (non-hydrogen) atoms. The second-order valence-electron chi connectivity index (χ2n) is 10.8. The minimum atomic E-state index is -1.21. The standard InChI is InChI=1S/C35H24O11/c1-17(36)42-35-26-13-21(12-20-15-31(39)45-33-24(20)4-3-5-28(33)41-2)34(40)46-32(26)25-11-18(6-9-27(25)44-35)10-19-14-30(38)43-29-16-22(37)7-8-23(19)29/h3-9,11,13-16,35,37H,10,12H2,1-2H3. The van der Waals surface area contributed by atoms with Gasteiger partial charge in [0.05, 0.1) is 18.2 Å². The molecule has 0 aliphatic carbocycles. The maximum Gasteiger partial charge on any atom is 0.339 e. The summed E-state index contributed by atoms with van der Waals surface area (Å²) in [4.78, 5) is 50.2. The van der Waals surface area contributed by atoms with E-state index in [2.05, 4.69) is 0 Å². The summed E-state index contributed by atoms with van der Waals surface area (Å²) in [6, 6.07) is 19.2. The van der Waals surface area contributed by atoms with Crippen LogP contribution in [0.3, 0.4) is 0 Å². The first-order chi connectivity index (χ1) is 22.2. The Morgan fingerprint density at radius 3 is 2.39 bits per heavy atom. The van der Waals surface area contributed by atoms with Crippen LogP contribution in [0.4, 0.5) is 0 Å². The predicted octanol–water partition coefficient (Wildman–Crippen LogP) is 5.37. The van der Waals surface area contributed by atoms with Crippen molar-refractivity contribution in [3.8, 4) is 28.6 Å². The number of fused-ring (bicyclic) bond motifs is 5. The van der Waals surface area contributed by atoms with Crippen molar-refractivity contribution in [1.82, 2.24) is 0 Å². The molecule has 230 valence electrons. The summed E-state index contributed by atoms with van der Waals surface area (Å²) >= 11 is 0. The van der Waals surface area contributed by atoms with E-state index >= 15 is 0 Å². The van der Waals surface area contributed by atoms with Gasteiger partial charge in [0.25, 0.3) is 6.29 Å². The minimum Gasteiger partial charge on any atom is -0.508 e. The quantitative estimate of drug-likeness (QED) is 0.189. The molecule has 0 radical (unpaired) electrons. The molecule has 1 aliphatic heterocycles. The molecule has 0 saturated heterocycles. The summed E-state index contributed by atoms with van der Waals surface area (Å²) in [5, 5.41) is 11.1. The maximum absolute atomic E-state index is 13.5. The lowest BCUT2D eigenvalue weighted by Gasteiger charge is -2.27. The number of hydrogen-bond donors (Lipinski definition) is 1. The summed E-state index contributed by atoms with van der Waals surface area (Å²) in [6.45, 7) is 1.24. The van der Waals surface area contributed by atoms with Crippen LogP contribution in [0.1, 0.15) is 41.0 Å². The van der Waals surface area contributed by atoms with Crippen molar-refractivity contribution >= 4 is 27.9 Å². The van der Waals surface area contributed by atoms with E-state index in [4.69, 9.17) is 27.5 Å². The Bertz CT molecular complexity index is 2380. The average Bonchev–Trinajstić information content (AvgIpc) is 3.01. The fourth-order valence-corrected chi connectivity index (χ4v) is 5.74. The molecule has 0 bridgehead atoms. The zero-order chi connectivity index (χ0) is 32.1. The molecule has 1 atom stereocenters. The number of phenolic OH excluding ortho intramolecular Hbond substituents is 1. The highest BCUT2D eigenvalue weighted by Gasteiger charge is 2.32. The Hall–Kier alpha value is -6.10. The first-order valence-corrected chi connectivity index (χ1v) is 14.2. The van der Waals surface area contributed by atoms with Crippen LogP contribution in [0, 0.1) is 0 Å². The van der Waals surface area contributed by atoms with Gasteiger partial charge in [0.15, 0.2) is 17.1 Å². The number of esters is 1. The highest BCUT2D eigenvalue weighted by Crippen LogP contribution is 2.43. The number of aromatic hydroxyl groups is 1. The van der Waals surface area contributed by atoms with Crippen LogP contribution in [0.2, 0.25) is 0 Å². The summed E-state index contributed by atoms with van der Waals surface area (Å²) in [6.07, 6.45) is -0.899. The van der Waals surface area contributed by atoms with E-state index in [-0.39, 0.29) is 34.7 Å². The molecule has 6 aromatic rings. The fourth-order valence-electron chi connectivity index (χ4n) is 5.74. The van der Waals surface area contributed by atoms with Crippen LogP contribution in [-0.4, -0.2) is 18.2 Å². The van der Waals surface area contributed by atoms with E-state index < -0.39 is 29.1 Å². The Kier molecular flexibility index (Phi) is 6.93. The number of benzene rings is 3. The van der Waals surface area contributed by atoms with Gasteiger partial charge in [-0.05, 0) is 59.5 Å². The molecule has 11 nitrogen and oxygen atoms in total. The molecule has 11 heteroatoms. The average molecular weight is 621 g/mol. The van der Waals surface area contributed by atoms with E-state index in [0.717, 1.165) is 5.56 Å². The van der Waals surface area contributed by atoms with E-state index in [1.54, 1.807) is 48.5 Å². The number of methoxy groups -OCH3 is 1. The molecule has 1 unspecified atom stereocenters. The lowest BCUT2D eigenvalue weighted by Crippen LogP contribution is -2.22. The van der Waals surface area contributed by atoms with Crippen LogP contribution in [0.25, 0.3) is 33.3 Å². The molecule has 7 rings (SSSR count). The number of carbonyl (C=O) groups is 1. The van der Waals surface area contributed by atoms with Crippen LogP contribution in [0.15, 0.2) is 100 Å². The topological polar surface area (TPSA) is 156 Å². The lowest BCUT2D eigenvalue weighted by atomic mass is 9.95. The smallest absolute Gasteiger partial charge is 0.339 e. The molecular weight excluding hydrogens is 596 g/mol. The molecule has 0 spiro atoms. The van der Waals surface area contributed by atoms with Crippen molar-refractivity contribution in [3.63, 3.8) is 0 Å². The monoisotopic (exact) mass is 620 g/mol. The molecular formula is C35H24O11. The number of carbonyl (C=O) groups excluding carboxylic acids is 1. The number of ether oxygens (including phenoxy) is 3. The summed E-state index contributed by atoms with van der Waals surface area (Å²) in [7, 11) is 1.46. The van der Waals surface area contributed by atoms with Gasteiger partial charge < -0.3 is 32.6 Å². The third-order valence-electron chi connectivity index (χ3n) is 7.73. The SMILES string of the molecule is COc1cccc2c(Cc3cc4c(oc3=O)-c3cc(Cc5cc(=O)oc6cc(O)ccc56)ccc3OC4OC(C)=O)cc(=O)oc12. The van der Waals surface area contributed by atoms with Gasteiger partial charge in [-0.25, -0.2) is 14.4 Å². The number of para-hydroxylation sites is 1. The number of hydrogen-bond acceptors (Lipinski definition) is 11. The van der Waals surface area contributed by atoms with Crippen molar-refractivity contribution < 1.29 is 37.4 Å². The van der Waals surface area contributed by atoms with Crippen molar-refractivity contribution in [2.24, 2.45) is 0 Å². The molecule has 1 aliphatic rings. The second kappa shape index (κ2) is 11.1. The molecule has 0 saturated carbocycles. The summed E-state index contributed by atoms with van der Waals surface area (Å²) in [5.74, 6) is 0.204. The van der Waals surface area contributed by atoms with Crippen LogP contribution in [0.5, 0.6) is 17.2 Å². The molecule has 1 N–H and O–H groups in total. The van der Waals surface area contributed by atoms with E-state index in [1.165, 1.54) is 38.3 Å². The second-order valence-corrected chi connectivity index (χ2v) is 10.8. The van der Waals surface area contributed by atoms with Crippen molar-refractivity contribution in [2.75, 3.05) is 7.11 Å². The zero-order valence-electron chi connectivity index (χ0n) is 24.4. The van der Waals surface area contributed by atoms with E-state index in [1.807, 2.05) is 0 Å². The van der Waals surface area contributed by atoms with Crippen LogP contribution < -0.4 is 26.4 Å². The predicted molar refractivity (Wildman–Crippen MR) is 164 cm³/mol. The first-order valence-electron chi connectivity index (χ1n) is 14.2. The lowest BCUT2D eigenvalue weighted by molar-refractivity contribution is -0.162. The number of rotatable bonds is 6. The fraction of sp³-hybridized carbons (Fsp3) is 0.143. The summed E-state index contributed by atoms with van der Waals surface area (Å²) < 4.78 is 33.4. The Balaban J connectivity index is 1.32. The van der Waals surface area contributed by atoms with Crippen molar-refractivity contribution in [1.29, 1.82) is 0 Å². The van der Waals surface area contributed by atoms with Gasteiger partial charge in [0, 0.05) is 47.9 Å². The van der Waals surface area contributed by atoms with Gasteiger partial charge in [0.2, 0.25) is 0 Å². The third-order valence-corrected chi connectivity index (χ3v) is 7.73. The van der Waals surface area contributed by atoms with Crippen LogP contribution >= 0.6 is 0 Å². The van der Waals surface area contributed by atoms with Gasteiger partial charge in [0.1, 0.15) is 17.1 Å². The normalized spacial score (nSPS) is 13.6. The highest BCUT2D eigenvalue weighted by molar-refractivity contribution is 5.86. The maximum atomic E-state index is 13.5. The van der Waals surface area contributed by atoms with Gasteiger partial charge >= 0.3 is 22.8 Å². The molecule has 0 amide bonds. The van der Waals surface area contributed by atoms with Crippen LogP contribution in [-0.2, 0) is 22.4 Å². The van der Waals surface area contributed by atoms with Crippen molar-refractivity contribution in [3.05, 3.63) is 132 Å².